The molecular formula is C25H19ClN2O4S. The third-order valence-electron chi connectivity index (χ3n) is 4.73. The smallest absolute Gasteiger partial charge is 0.294 e. The van der Waals surface area contributed by atoms with Gasteiger partial charge in [-0.2, -0.15) is 0 Å². The number of hydrogen-bond donors (Lipinski definition) is 1. The summed E-state index contributed by atoms with van der Waals surface area (Å²) in [5.74, 6) is -0.254. The summed E-state index contributed by atoms with van der Waals surface area (Å²) < 4.78 is 5.76. The fourth-order valence-electron chi connectivity index (χ4n) is 3.06. The largest absolute Gasteiger partial charge is 0.489 e. The number of carbonyl (C=O) groups excluding carboxylic acids is 3. The van der Waals surface area contributed by atoms with Gasteiger partial charge in [-0.25, -0.2) is 0 Å². The second kappa shape index (κ2) is 10.4. The van der Waals surface area contributed by atoms with Crippen molar-refractivity contribution in [1.82, 2.24) is 4.90 Å². The molecule has 8 heteroatoms. The maximum absolute atomic E-state index is 12.7. The van der Waals surface area contributed by atoms with Gasteiger partial charge in [0, 0.05) is 10.7 Å². The van der Waals surface area contributed by atoms with E-state index in [0.717, 1.165) is 27.8 Å². The van der Waals surface area contributed by atoms with Gasteiger partial charge >= 0.3 is 0 Å². The van der Waals surface area contributed by atoms with Gasteiger partial charge in [0.1, 0.15) is 18.9 Å². The molecule has 4 rings (SSSR count). The van der Waals surface area contributed by atoms with Gasteiger partial charge in [-0.05, 0) is 65.4 Å². The fourth-order valence-corrected chi connectivity index (χ4v) is 4.03. The lowest BCUT2D eigenvalue weighted by Crippen LogP contribution is -2.36. The van der Waals surface area contributed by atoms with Crippen molar-refractivity contribution in [2.75, 3.05) is 11.9 Å². The summed E-state index contributed by atoms with van der Waals surface area (Å²) in [6.45, 7) is 0.0643. The van der Waals surface area contributed by atoms with Crippen molar-refractivity contribution in [3.63, 3.8) is 0 Å². The molecule has 33 heavy (non-hydrogen) atoms. The van der Waals surface area contributed by atoms with Crippen LogP contribution in [0.25, 0.3) is 6.08 Å². The first-order chi connectivity index (χ1) is 16.0. The van der Waals surface area contributed by atoms with Crippen LogP contribution < -0.4 is 10.1 Å². The number of nitrogens with zero attached hydrogens (tertiary/aromatic N) is 1. The second-order valence-electron chi connectivity index (χ2n) is 7.17. The van der Waals surface area contributed by atoms with Crippen molar-refractivity contribution < 1.29 is 19.1 Å². The third kappa shape index (κ3) is 6.03. The van der Waals surface area contributed by atoms with E-state index in [9.17, 15) is 14.4 Å². The molecule has 6 nitrogen and oxygen atoms in total. The molecule has 1 fully saturated rings. The SMILES string of the molecule is O=C(CN1C(=O)S/C(=C/c2ccc(OCc3ccc(Cl)cc3)cc2)C1=O)Nc1ccccc1. The average Bonchev–Trinajstić information content (AvgIpc) is 3.07. The van der Waals surface area contributed by atoms with E-state index in [4.69, 9.17) is 16.3 Å². The van der Waals surface area contributed by atoms with Gasteiger partial charge in [-0.3, -0.25) is 19.3 Å². The van der Waals surface area contributed by atoms with Crippen molar-refractivity contribution >= 4 is 52.2 Å². The van der Waals surface area contributed by atoms with E-state index >= 15 is 0 Å². The Labute approximate surface area is 200 Å². The van der Waals surface area contributed by atoms with Crippen LogP contribution in [0.3, 0.4) is 0 Å². The van der Waals surface area contributed by atoms with Crippen LogP contribution >= 0.6 is 23.4 Å². The van der Waals surface area contributed by atoms with Gasteiger partial charge in [-0.15, -0.1) is 0 Å². The predicted molar refractivity (Wildman–Crippen MR) is 130 cm³/mol. The quantitative estimate of drug-likeness (QED) is 0.448. The van der Waals surface area contributed by atoms with Gasteiger partial charge in [-0.1, -0.05) is 54.1 Å². The van der Waals surface area contributed by atoms with E-state index < -0.39 is 17.1 Å². The standard InChI is InChI=1S/C25H19ClN2O4S/c26-19-10-6-18(7-11-19)16-32-21-12-8-17(9-13-21)14-22-24(30)28(25(31)33-22)15-23(29)27-20-4-2-1-3-5-20/h1-14H,15-16H2,(H,27,29)/b22-14+. The number of imide groups is 1. The number of rotatable bonds is 7. The van der Waals surface area contributed by atoms with Crippen LogP contribution in [0.5, 0.6) is 5.75 Å². The Bertz CT molecular complexity index is 1200. The van der Waals surface area contributed by atoms with Crippen molar-refractivity contribution in [2.24, 2.45) is 0 Å². The molecule has 0 aliphatic carbocycles. The molecule has 0 spiro atoms. The number of ether oxygens (including phenoxy) is 1. The molecule has 1 heterocycles. The van der Waals surface area contributed by atoms with Crippen molar-refractivity contribution in [2.45, 2.75) is 6.61 Å². The van der Waals surface area contributed by atoms with Crippen LogP contribution in [0, 0.1) is 0 Å². The normalized spacial score (nSPS) is 14.6. The topological polar surface area (TPSA) is 75.7 Å². The fraction of sp³-hybridized carbons (Fsp3) is 0.0800. The summed E-state index contributed by atoms with van der Waals surface area (Å²) in [5.41, 5.74) is 2.34. The first kappa shape index (κ1) is 22.6. The lowest BCUT2D eigenvalue weighted by atomic mass is 10.2. The Morgan fingerprint density at radius 1 is 0.970 bits per heavy atom. The zero-order chi connectivity index (χ0) is 23.2. The summed E-state index contributed by atoms with van der Waals surface area (Å²) in [5, 5.41) is 2.87. The van der Waals surface area contributed by atoms with Crippen molar-refractivity contribution in [3.8, 4) is 5.75 Å². The van der Waals surface area contributed by atoms with Crippen LogP contribution in [0.2, 0.25) is 5.02 Å². The number of hydrogen-bond acceptors (Lipinski definition) is 5. The zero-order valence-electron chi connectivity index (χ0n) is 17.4. The van der Waals surface area contributed by atoms with E-state index in [2.05, 4.69) is 5.32 Å². The summed E-state index contributed by atoms with van der Waals surface area (Å²) in [6.07, 6.45) is 1.63. The summed E-state index contributed by atoms with van der Waals surface area (Å²) in [4.78, 5) is 38.4. The number of halogens is 1. The second-order valence-corrected chi connectivity index (χ2v) is 8.60. The van der Waals surface area contributed by atoms with Crippen LogP contribution in [-0.2, 0) is 16.2 Å². The minimum absolute atomic E-state index is 0.266. The highest BCUT2D eigenvalue weighted by Gasteiger charge is 2.36. The lowest BCUT2D eigenvalue weighted by Gasteiger charge is -2.12. The maximum Gasteiger partial charge on any atom is 0.294 e. The molecular weight excluding hydrogens is 460 g/mol. The van der Waals surface area contributed by atoms with E-state index in [0.29, 0.717) is 23.1 Å². The van der Waals surface area contributed by atoms with E-state index in [1.54, 1.807) is 54.6 Å². The number of carbonyl (C=O) groups is 3. The van der Waals surface area contributed by atoms with Crippen LogP contribution in [0.15, 0.2) is 83.8 Å². The first-order valence-corrected chi connectivity index (χ1v) is 11.2. The minimum Gasteiger partial charge on any atom is -0.489 e. The molecule has 3 aromatic rings. The van der Waals surface area contributed by atoms with Gasteiger partial charge < -0.3 is 10.1 Å². The van der Waals surface area contributed by atoms with Gasteiger partial charge in [0.2, 0.25) is 5.91 Å². The molecule has 1 aliphatic rings. The number of benzene rings is 3. The maximum atomic E-state index is 12.7. The summed E-state index contributed by atoms with van der Waals surface area (Å²) >= 11 is 6.70. The first-order valence-electron chi connectivity index (χ1n) is 10.1. The van der Waals surface area contributed by atoms with Gasteiger partial charge in [0.15, 0.2) is 0 Å². The van der Waals surface area contributed by atoms with E-state index in [1.807, 2.05) is 30.3 Å². The molecule has 0 radical (unpaired) electrons. The molecule has 0 aromatic heterocycles. The highest BCUT2D eigenvalue weighted by Crippen LogP contribution is 2.32. The Balaban J connectivity index is 1.35. The Kier molecular flexibility index (Phi) is 7.12. The molecule has 1 saturated heterocycles. The summed E-state index contributed by atoms with van der Waals surface area (Å²) in [7, 11) is 0. The highest BCUT2D eigenvalue weighted by atomic mass is 35.5. The molecule has 0 bridgehead atoms. The number of thioether (sulfide) groups is 1. The van der Waals surface area contributed by atoms with E-state index in [1.165, 1.54) is 0 Å². The number of nitrogens with one attached hydrogen (secondary N) is 1. The van der Waals surface area contributed by atoms with Crippen LogP contribution in [0.1, 0.15) is 11.1 Å². The van der Waals surface area contributed by atoms with Crippen molar-refractivity contribution in [3.05, 3.63) is 99.9 Å². The number of para-hydroxylation sites is 1. The minimum atomic E-state index is -0.490. The molecule has 1 aliphatic heterocycles. The number of amides is 3. The van der Waals surface area contributed by atoms with Crippen molar-refractivity contribution in [1.29, 1.82) is 0 Å². The Morgan fingerprint density at radius 2 is 1.67 bits per heavy atom. The average molecular weight is 479 g/mol. The molecule has 0 unspecified atom stereocenters. The molecule has 3 amide bonds. The molecule has 1 N–H and O–H groups in total. The Morgan fingerprint density at radius 3 is 2.36 bits per heavy atom. The molecule has 166 valence electrons. The predicted octanol–water partition coefficient (Wildman–Crippen LogP) is 5.59. The summed E-state index contributed by atoms with van der Waals surface area (Å²) in [6, 6.07) is 23.4. The van der Waals surface area contributed by atoms with Gasteiger partial charge in [0.05, 0.1) is 4.91 Å². The highest BCUT2D eigenvalue weighted by molar-refractivity contribution is 8.18. The lowest BCUT2D eigenvalue weighted by molar-refractivity contribution is -0.127. The van der Waals surface area contributed by atoms with Gasteiger partial charge in [0.25, 0.3) is 11.1 Å². The van der Waals surface area contributed by atoms with Crippen LogP contribution in [-0.4, -0.2) is 28.5 Å². The molecule has 3 aromatic carbocycles. The third-order valence-corrected chi connectivity index (χ3v) is 5.89. The van der Waals surface area contributed by atoms with Crippen LogP contribution in [0.4, 0.5) is 10.5 Å². The zero-order valence-corrected chi connectivity index (χ0v) is 18.9. The molecule has 0 atom stereocenters. The Hall–Kier alpha value is -3.55. The molecule has 0 saturated carbocycles. The monoisotopic (exact) mass is 478 g/mol. The van der Waals surface area contributed by atoms with E-state index in [-0.39, 0.29) is 11.4 Å². The number of anilines is 1.